The van der Waals surface area contributed by atoms with E-state index in [-0.39, 0.29) is 18.1 Å². The Morgan fingerprint density at radius 3 is 2.69 bits per heavy atom. The van der Waals surface area contributed by atoms with Gasteiger partial charge in [0.1, 0.15) is 18.0 Å². The molecule has 0 bridgehead atoms. The fourth-order valence-corrected chi connectivity index (χ4v) is 3.64. The first-order valence-electron chi connectivity index (χ1n) is 8.78. The number of hydrogen-bond donors (Lipinski definition) is 1. The van der Waals surface area contributed by atoms with Crippen molar-refractivity contribution in [1.29, 1.82) is 0 Å². The molecule has 1 aromatic heterocycles. The molecule has 2 atom stereocenters. The molecule has 0 saturated carbocycles. The van der Waals surface area contributed by atoms with Gasteiger partial charge in [0.25, 0.3) is 17.5 Å². The summed E-state index contributed by atoms with van der Waals surface area (Å²) < 4.78 is 1.41. The lowest BCUT2D eigenvalue weighted by molar-refractivity contribution is -0.384. The van der Waals surface area contributed by atoms with Crippen LogP contribution in [0.5, 0.6) is 0 Å². The molecule has 1 fully saturated rings. The van der Waals surface area contributed by atoms with Crippen molar-refractivity contribution in [2.75, 3.05) is 0 Å². The molecule has 0 aliphatic carbocycles. The zero-order chi connectivity index (χ0) is 20.7. The maximum Gasteiger partial charge on any atom is 0.270 e. The third kappa shape index (κ3) is 3.40. The van der Waals surface area contributed by atoms with E-state index in [0.29, 0.717) is 10.9 Å². The number of halogens is 1. The average molecular weight is 414 g/mol. The van der Waals surface area contributed by atoms with Crippen LogP contribution in [0.1, 0.15) is 17.2 Å². The highest BCUT2D eigenvalue weighted by atomic mass is 35.5. The first-order chi connectivity index (χ1) is 13.8. The van der Waals surface area contributed by atoms with E-state index in [2.05, 4.69) is 10.5 Å². The van der Waals surface area contributed by atoms with Crippen LogP contribution in [0.2, 0.25) is 0 Å². The van der Waals surface area contributed by atoms with Gasteiger partial charge in [-0.2, -0.15) is 5.10 Å². The number of β-lactam (4-membered cyclic amide) rings is 1. The summed E-state index contributed by atoms with van der Waals surface area (Å²) in [5.74, 6) is -0.839. The van der Waals surface area contributed by atoms with E-state index in [1.807, 2.05) is 31.2 Å². The van der Waals surface area contributed by atoms with E-state index in [9.17, 15) is 19.7 Å². The Bertz CT molecular complexity index is 1130. The number of carbonyl (C=O) groups is 2. The number of nitrogens with zero attached hydrogens (tertiary/aromatic N) is 4. The van der Waals surface area contributed by atoms with Crippen LogP contribution in [0.25, 0.3) is 10.9 Å². The molecule has 9 nitrogen and oxygen atoms in total. The number of nitro groups is 1. The second kappa shape index (κ2) is 7.17. The molecule has 2 amide bonds. The molecule has 1 saturated heterocycles. The smallest absolute Gasteiger partial charge is 0.270 e. The van der Waals surface area contributed by atoms with Crippen molar-refractivity contribution in [3.63, 3.8) is 0 Å². The molecule has 0 spiro atoms. The normalized spacial score (nSPS) is 18.6. The molecule has 148 valence electrons. The van der Waals surface area contributed by atoms with Crippen LogP contribution in [-0.2, 0) is 16.1 Å². The van der Waals surface area contributed by atoms with Crippen LogP contribution in [0.4, 0.5) is 5.69 Å². The molecule has 4 rings (SSSR count). The standard InChI is InChI=1S/C19H16ClN5O4/c1-11-2-4-12(5-3-11)18-17(20)19(27)24(18)22-16(26)10-23-15-7-6-14(25(28)29)8-13(15)9-21-23/h2-9,17-18H,10H2,1H3,(H,22,26). The summed E-state index contributed by atoms with van der Waals surface area (Å²) in [7, 11) is 0. The van der Waals surface area contributed by atoms with Crippen LogP contribution in [0, 0.1) is 17.0 Å². The molecule has 3 aromatic rings. The van der Waals surface area contributed by atoms with Crippen molar-refractivity contribution in [3.8, 4) is 0 Å². The number of benzene rings is 2. The van der Waals surface area contributed by atoms with Gasteiger partial charge in [-0.15, -0.1) is 11.6 Å². The molecule has 1 aliphatic heterocycles. The van der Waals surface area contributed by atoms with Gasteiger partial charge in [0.2, 0.25) is 0 Å². The minimum Gasteiger partial charge on any atom is -0.271 e. The number of rotatable bonds is 5. The van der Waals surface area contributed by atoms with Crippen LogP contribution in [-0.4, -0.2) is 36.9 Å². The number of aryl methyl sites for hydroxylation is 1. The molecule has 1 N–H and O–H groups in total. The fourth-order valence-electron chi connectivity index (χ4n) is 3.28. The van der Waals surface area contributed by atoms with Gasteiger partial charge in [-0.25, -0.2) is 5.01 Å². The first kappa shape index (κ1) is 18.9. The van der Waals surface area contributed by atoms with Crippen molar-refractivity contribution < 1.29 is 14.5 Å². The van der Waals surface area contributed by atoms with E-state index in [4.69, 9.17) is 11.6 Å². The van der Waals surface area contributed by atoms with Gasteiger partial charge in [0.15, 0.2) is 0 Å². The van der Waals surface area contributed by atoms with E-state index in [1.165, 1.54) is 34.1 Å². The van der Waals surface area contributed by atoms with Crippen LogP contribution in [0.3, 0.4) is 0 Å². The number of carbonyl (C=O) groups excluding carboxylic acids is 2. The Morgan fingerprint density at radius 2 is 2.00 bits per heavy atom. The third-order valence-electron chi connectivity index (χ3n) is 4.82. The maximum absolute atomic E-state index is 12.5. The zero-order valence-electron chi connectivity index (χ0n) is 15.3. The average Bonchev–Trinajstić information content (AvgIpc) is 3.10. The number of non-ortho nitro benzene ring substituents is 1. The van der Waals surface area contributed by atoms with E-state index in [1.54, 1.807) is 0 Å². The zero-order valence-corrected chi connectivity index (χ0v) is 16.0. The minimum absolute atomic E-state index is 0.0539. The first-order valence-corrected chi connectivity index (χ1v) is 9.22. The van der Waals surface area contributed by atoms with Crippen LogP contribution in [0.15, 0.2) is 48.7 Å². The highest BCUT2D eigenvalue weighted by Crippen LogP contribution is 2.37. The van der Waals surface area contributed by atoms with Crippen molar-refractivity contribution in [1.82, 2.24) is 20.2 Å². The van der Waals surface area contributed by atoms with Crippen LogP contribution >= 0.6 is 11.6 Å². The molecule has 10 heteroatoms. The Balaban J connectivity index is 1.49. The van der Waals surface area contributed by atoms with E-state index >= 15 is 0 Å². The fraction of sp³-hybridized carbons (Fsp3) is 0.211. The Labute approximate surface area is 170 Å². The number of hydrazine groups is 1. The molecule has 2 unspecified atom stereocenters. The number of alkyl halides is 1. The molecular weight excluding hydrogens is 398 g/mol. The van der Waals surface area contributed by atoms with Gasteiger partial charge in [0, 0.05) is 17.5 Å². The predicted octanol–water partition coefficient (Wildman–Crippen LogP) is 2.48. The van der Waals surface area contributed by atoms with Crippen molar-refractivity contribution >= 4 is 40.0 Å². The van der Waals surface area contributed by atoms with Crippen molar-refractivity contribution in [2.45, 2.75) is 24.9 Å². The van der Waals surface area contributed by atoms with Crippen LogP contribution < -0.4 is 5.43 Å². The number of aromatic nitrogens is 2. The second-order valence-corrected chi connectivity index (χ2v) is 7.27. The second-order valence-electron chi connectivity index (χ2n) is 6.80. The SMILES string of the molecule is Cc1ccc(C2C(Cl)C(=O)N2NC(=O)Cn2ncc3cc([N+](=O)[O-])ccc32)cc1. The topological polar surface area (TPSA) is 110 Å². The van der Waals surface area contributed by atoms with E-state index in [0.717, 1.165) is 11.1 Å². The Kier molecular flexibility index (Phi) is 4.67. The lowest BCUT2D eigenvalue weighted by Gasteiger charge is -2.44. The molecule has 2 heterocycles. The van der Waals surface area contributed by atoms with E-state index < -0.39 is 22.2 Å². The van der Waals surface area contributed by atoms with Gasteiger partial charge in [-0.3, -0.25) is 29.8 Å². The number of nitro benzene ring substituents is 1. The Morgan fingerprint density at radius 1 is 1.28 bits per heavy atom. The predicted molar refractivity (Wildman–Crippen MR) is 105 cm³/mol. The molecule has 2 aromatic carbocycles. The summed E-state index contributed by atoms with van der Waals surface area (Å²) in [6.45, 7) is 1.80. The molecule has 0 radical (unpaired) electrons. The monoisotopic (exact) mass is 413 g/mol. The van der Waals surface area contributed by atoms with Gasteiger partial charge < -0.3 is 0 Å². The summed E-state index contributed by atoms with van der Waals surface area (Å²) in [6, 6.07) is 11.4. The number of fused-ring (bicyclic) bond motifs is 1. The van der Waals surface area contributed by atoms with Gasteiger partial charge >= 0.3 is 0 Å². The largest absolute Gasteiger partial charge is 0.271 e. The highest BCUT2D eigenvalue weighted by molar-refractivity contribution is 6.33. The third-order valence-corrected chi connectivity index (χ3v) is 5.25. The highest BCUT2D eigenvalue weighted by Gasteiger charge is 2.48. The number of amides is 2. The molecule has 29 heavy (non-hydrogen) atoms. The summed E-state index contributed by atoms with van der Waals surface area (Å²) >= 11 is 6.16. The van der Waals surface area contributed by atoms with Gasteiger partial charge in [0.05, 0.1) is 16.6 Å². The van der Waals surface area contributed by atoms with Gasteiger partial charge in [-0.05, 0) is 18.6 Å². The molecular formula is C19H16ClN5O4. The quantitative estimate of drug-likeness (QED) is 0.299. The summed E-state index contributed by atoms with van der Waals surface area (Å²) in [6.07, 6.45) is 1.45. The lowest BCUT2D eigenvalue weighted by atomic mass is 9.95. The number of hydrogen-bond acceptors (Lipinski definition) is 5. The minimum atomic E-state index is -0.746. The van der Waals surface area contributed by atoms with Gasteiger partial charge in [-0.1, -0.05) is 29.8 Å². The summed E-state index contributed by atoms with van der Waals surface area (Å²) in [4.78, 5) is 35.0. The maximum atomic E-state index is 12.5. The lowest BCUT2D eigenvalue weighted by Crippen LogP contribution is -2.63. The number of nitrogens with one attached hydrogen (secondary N) is 1. The van der Waals surface area contributed by atoms with Crippen molar-refractivity contribution in [3.05, 3.63) is 69.9 Å². The summed E-state index contributed by atoms with van der Waals surface area (Å²) in [5.41, 5.74) is 5.01. The van der Waals surface area contributed by atoms with Crippen molar-refractivity contribution in [2.24, 2.45) is 0 Å². The Hall–Kier alpha value is -3.46. The molecule has 1 aliphatic rings. The summed E-state index contributed by atoms with van der Waals surface area (Å²) in [5, 5.41) is 16.0.